The Morgan fingerprint density at radius 3 is 2.39 bits per heavy atom. The molecule has 0 aliphatic carbocycles. The van der Waals surface area contributed by atoms with E-state index in [9.17, 15) is 0 Å². The van der Waals surface area contributed by atoms with Crippen molar-refractivity contribution < 1.29 is 9.47 Å². The number of rotatable bonds is 8. The molecule has 1 N–H and O–H groups in total. The molecular formula is C14H22BrNO2. The highest BCUT2D eigenvalue weighted by atomic mass is 79.9. The van der Waals surface area contributed by atoms with Gasteiger partial charge in [-0.1, -0.05) is 29.8 Å². The van der Waals surface area contributed by atoms with Gasteiger partial charge in [0.25, 0.3) is 0 Å². The number of ether oxygens (including phenoxy) is 2. The van der Waals surface area contributed by atoms with Crippen LogP contribution in [0.15, 0.2) is 28.7 Å². The molecule has 1 unspecified atom stereocenters. The third-order valence-corrected chi connectivity index (χ3v) is 2.92. The molecule has 102 valence electrons. The second-order valence-electron chi connectivity index (χ2n) is 4.70. The van der Waals surface area contributed by atoms with Crippen LogP contribution in [0.2, 0.25) is 0 Å². The van der Waals surface area contributed by atoms with Gasteiger partial charge < -0.3 is 14.8 Å². The lowest BCUT2D eigenvalue weighted by atomic mass is 10.2. The van der Waals surface area contributed by atoms with E-state index < -0.39 is 0 Å². The van der Waals surface area contributed by atoms with Crippen LogP contribution in [0.1, 0.15) is 13.8 Å². The van der Waals surface area contributed by atoms with E-state index in [1.54, 1.807) is 7.11 Å². The normalized spacial score (nSPS) is 12.7. The van der Waals surface area contributed by atoms with E-state index in [0.29, 0.717) is 12.5 Å². The van der Waals surface area contributed by atoms with Crippen molar-refractivity contribution in [2.24, 2.45) is 5.92 Å². The molecular weight excluding hydrogens is 294 g/mol. The maximum Gasteiger partial charge on any atom is 0.134 e. The van der Waals surface area contributed by atoms with Crippen molar-refractivity contribution in [3.05, 3.63) is 28.7 Å². The second-order valence-corrected chi connectivity index (χ2v) is 5.62. The molecule has 1 atom stereocenters. The summed E-state index contributed by atoms with van der Waals surface area (Å²) in [6.45, 7) is 6.75. The standard InChI is InChI=1S/C14H22BrNO2/c1-11(2)8-16-9-14(10-17-3)18-13-6-4-12(15)5-7-13/h4-7,11,14,16H,8-10H2,1-3H3. The summed E-state index contributed by atoms with van der Waals surface area (Å²) in [4.78, 5) is 0. The molecule has 4 heteroatoms. The van der Waals surface area contributed by atoms with Crippen molar-refractivity contribution in [1.29, 1.82) is 0 Å². The van der Waals surface area contributed by atoms with Crippen LogP contribution in [0.3, 0.4) is 0 Å². The summed E-state index contributed by atoms with van der Waals surface area (Å²) < 4.78 is 12.1. The Morgan fingerprint density at radius 2 is 1.83 bits per heavy atom. The average Bonchev–Trinajstić information content (AvgIpc) is 2.32. The zero-order valence-electron chi connectivity index (χ0n) is 11.3. The summed E-state index contributed by atoms with van der Waals surface area (Å²) in [5, 5.41) is 3.39. The van der Waals surface area contributed by atoms with Gasteiger partial charge in [0.15, 0.2) is 0 Å². The summed E-state index contributed by atoms with van der Waals surface area (Å²) in [6, 6.07) is 7.85. The van der Waals surface area contributed by atoms with Crippen LogP contribution in [-0.4, -0.2) is 32.9 Å². The molecule has 0 fully saturated rings. The molecule has 0 aliphatic heterocycles. The Bertz CT molecular complexity index is 327. The van der Waals surface area contributed by atoms with Gasteiger partial charge in [-0.2, -0.15) is 0 Å². The lowest BCUT2D eigenvalue weighted by Crippen LogP contribution is -2.36. The van der Waals surface area contributed by atoms with Crippen molar-refractivity contribution in [1.82, 2.24) is 5.32 Å². The predicted octanol–water partition coefficient (Wildman–Crippen LogP) is 3.09. The number of methoxy groups -OCH3 is 1. The summed E-state index contributed by atoms with van der Waals surface area (Å²) in [7, 11) is 1.69. The minimum Gasteiger partial charge on any atom is -0.487 e. The van der Waals surface area contributed by atoms with Gasteiger partial charge in [-0.3, -0.25) is 0 Å². The van der Waals surface area contributed by atoms with Gasteiger partial charge in [0, 0.05) is 18.1 Å². The van der Waals surface area contributed by atoms with Crippen molar-refractivity contribution in [2.75, 3.05) is 26.8 Å². The lowest BCUT2D eigenvalue weighted by Gasteiger charge is -2.19. The highest BCUT2D eigenvalue weighted by molar-refractivity contribution is 9.10. The minimum absolute atomic E-state index is 0.0370. The van der Waals surface area contributed by atoms with E-state index >= 15 is 0 Å². The van der Waals surface area contributed by atoms with Gasteiger partial charge in [0.2, 0.25) is 0 Å². The Hall–Kier alpha value is -0.580. The molecule has 3 nitrogen and oxygen atoms in total. The van der Waals surface area contributed by atoms with E-state index in [-0.39, 0.29) is 6.10 Å². The van der Waals surface area contributed by atoms with Crippen LogP contribution in [0.4, 0.5) is 0 Å². The van der Waals surface area contributed by atoms with Gasteiger partial charge in [0.05, 0.1) is 6.61 Å². The molecule has 1 aromatic carbocycles. The van der Waals surface area contributed by atoms with Crippen LogP contribution >= 0.6 is 15.9 Å². The number of hydrogen-bond acceptors (Lipinski definition) is 3. The average molecular weight is 316 g/mol. The first-order valence-corrected chi connectivity index (χ1v) is 7.03. The zero-order chi connectivity index (χ0) is 13.4. The molecule has 0 aliphatic rings. The lowest BCUT2D eigenvalue weighted by molar-refractivity contribution is 0.0802. The van der Waals surface area contributed by atoms with Gasteiger partial charge in [-0.15, -0.1) is 0 Å². The molecule has 0 spiro atoms. The Balaban J connectivity index is 2.43. The summed E-state index contributed by atoms with van der Waals surface area (Å²) >= 11 is 3.41. The Morgan fingerprint density at radius 1 is 1.17 bits per heavy atom. The molecule has 0 heterocycles. The van der Waals surface area contributed by atoms with Crippen LogP contribution < -0.4 is 10.1 Å². The van der Waals surface area contributed by atoms with Crippen molar-refractivity contribution in [2.45, 2.75) is 20.0 Å². The first-order chi connectivity index (χ1) is 8.61. The van der Waals surface area contributed by atoms with E-state index in [1.165, 1.54) is 0 Å². The summed E-state index contributed by atoms with van der Waals surface area (Å²) in [6.07, 6.45) is 0.0370. The van der Waals surface area contributed by atoms with Crippen LogP contribution in [-0.2, 0) is 4.74 Å². The van der Waals surface area contributed by atoms with Gasteiger partial charge >= 0.3 is 0 Å². The maximum absolute atomic E-state index is 5.88. The van der Waals surface area contributed by atoms with E-state index in [2.05, 4.69) is 35.1 Å². The largest absolute Gasteiger partial charge is 0.487 e. The van der Waals surface area contributed by atoms with Crippen molar-refractivity contribution >= 4 is 15.9 Å². The molecule has 0 saturated carbocycles. The first kappa shape index (κ1) is 15.5. The fourth-order valence-corrected chi connectivity index (χ4v) is 1.82. The van der Waals surface area contributed by atoms with Gasteiger partial charge in [0.1, 0.15) is 11.9 Å². The highest BCUT2D eigenvalue weighted by Gasteiger charge is 2.10. The molecule has 0 radical (unpaired) electrons. The molecule has 18 heavy (non-hydrogen) atoms. The molecule has 1 rings (SSSR count). The number of benzene rings is 1. The SMILES string of the molecule is COCC(CNCC(C)C)Oc1ccc(Br)cc1. The first-order valence-electron chi connectivity index (χ1n) is 6.23. The third-order valence-electron chi connectivity index (χ3n) is 2.39. The zero-order valence-corrected chi connectivity index (χ0v) is 12.9. The van der Waals surface area contributed by atoms with E-state index in [1.807, 2.05) is 24.3 Å². The van der Waals surface area contributed by atoms with Crippen LogP contribution in [0.25, 0.3) is 0 Å². The summed E-state index contributed by atoms with van der Waals surface area (Å²) in [5.74, 6) is 1.51. The minimum atomic E-state index is 0.0370. The summed E-state index contributed by atoms with van der Waals surface area (Å²) in [5.41, 5.74) is 0. The second kappa shape index (κ2) is 8.51. The van der Waals surface area contributed by atoms with Crippen LogP contribution in [0.5, 0.6) is 5.75 Å². The highest BCUT2D eigenvalue weighted by Crippen LogP contribution is 2.17. The Kier molecular flexibility index (Phi) is 7.32. The molecule has 0 saturated heterocycles. The molecule has 0 amide bonds. The fourth-order valence-electron chi connectivity index (χ4n) is 1.56. The number of hydrogen-bond donors (Lipinski definition) is 1. The Labute approximate surface area is 118 Å². The van der Waals surface area contributed by atoms with E-state index in [0.717, 1.165) is 23.3 Å². The molecule has 1 aromatic rings. The van der Waals surface area contributed by atoms with E-state index in [4.69, 9.17) is 9.47 Å². The molecule has 0 bridgehead atoms. The number of halogens is 1. The molecule has 0 aromatic heterocycles. The quantitative estimate of drug-likeness (QED) is 0.799. The van der Waals surface area contributed by atoms with Crippen molar-refractivity contribution in [3.63, 3.8) is 0 Å². The number of nitrogens with one attached hydrogen (secondary N) is 1. The van der Waals surface area contributed by atoms with Crippen molar-refractivity contribution in [3.8, 4) is 5.75 Å². The smallest absolute Gasteiger partial charge is 0.134 e. The third kappa shape index (κ3) is 6.38. The predicted molar refractivity (Wildman–Crippen MR) is 78.1 cm³/mol. The van der Waals surface area contributed by atoms with Gasteiger partial charge in [-0.05, 0) is 36.7 Å². The maximum atomic E-state index is 5.88. The fraction of sp³-hybridized carbons (Fsp3) is 0.571. The topological polar surface area (TPSA) is 30.5 Å². The van der Waals surface area contributed by atoms with Crippen LogP contribution in [0, 0.1) is 5.92 Å². The monoisotopic (exact) mass is 315 g/mol. The van der Waals surface area contributed by atoms with Gasteiger partial charge in [-0.25, -0.2) is 0 Å².